The summed E-state index contributed by atoms with van der Waals surface area (Å²) in [4.78, 5) is 29.5. The van der Waals surface area contributed by atoms with Crippen LogP contribution in [0.3, 0.4) is 0 Å². The fourth-order valence-electron chi connectivity index (χ4n) is 2.56. The number of ether oxygens (including phenoxy) is 1. The van der Waals surface area contributed by atoms with Gasteiger partial charge in [0.1, 0.15) is 0 Å². The van der Waals surface area contributed by atoms with Gasteiger partial charge < -0.3 is 20.7 Å². The Morgan fingerprint density at radius 3 is 2.67 bits per heavy atom. The molecule has 1 aliphatic rings. The molecule has 1 aromatic heterocycles. The average Bonchev–Trinajstić information content (AvgIpc) is 2.54. The second kappa shape index (κ2) is 6.43. The molecule has 0 saturated carbocycles. The highest BCUT2D eigenvalue weighted by molar-refractivity contribution is 5.97. The third-order valence-corrected chi connectivity index (χ3v) is 3.79. The molecular weight excluding hydrogens is 272 g/mol. The first-order chi connectivity index (χ1) is 10.1. The van der Waals surface area contributed by atoms with Gasteiger partial charge in [-0.15, -0.1) is 0 Å². The van der Waals surface area contributed by atoms with E-state index in [1.807, 2.05) is 4.90 Å². The van der Waals surface area contributed by atoms with Crippen molar-refractivity contribution in [2.24, 2.45) is 5.92 Å². The lowest BCUT2D eigenvalue weighted by Gasteiger charge is -2.32. The van der Waals surface area contributed by atoms with E-state index >= 15 is 0 Å². The Balaban J connectivity index is 2.14. The first-order valence-electron chi connectivity index (χ1n) is 6.87. The summed E-state index contributed by atoms with van der Waals surface area (Å²) >= 11 is 0. The molecule has 1 aromatic rings. The van der Waals surface area contributed by atoms with Gasteiger partial charge in [-0.2, -0.15) is 0 Å². The van der Waals surface area contributed by atoms with Crippen LogP contribution in [0.2, 0.25) is 0 Å². The Kier molecular flexibility index (Phi) is 4.62. The molecule has 7 heteroatoms. The fourth-order valence-corrected chi connectivity index (χ4v) is 2.56. The molecule has 0 bridgehead atoms. The summed E-state index contributed by atoms with van der Waals surface area (Å²) in [6.07, 6.45) is 3.02. The van der Waals surface area contributed by atoms with Gasteiger partial charge in [0.25, 0.3) is 0 Å². The number of hydrogen-bond acceptors (Lipinski definition) is 6. The van der Waals surface area contributed by atoms with Gasteiger partial charge in [-0.05, 0) is 18.9 Å². The number of carbonyl (C=O) groups excluding carboxylic acids is 2. The summed E-state index contributed by atoms with van der Waals surface area (Å²) in [6.45, 7) is 1.36. The van der Waals surface area contributed by atoms with Gasteiger partial charge in [-0.1, -0.05) is 0 Å². The summed E-state index contributed by atoms with van der Waals surface area (Å²) in [5.41, 5.74) is 6.66. The van der Waals surface area contributed by atoms with Crippen molar-refractivity contribution < 1.29 is 14.3 Å². The molecular formula is C14H20N4O3. The summed E-state index contributed by atoms with van der Waals surface area (Å²) in [5, 5.41) is 2.67. The molecule has 0 aromatic carbocycles. The molecule has 0 aliphatic carbocycles. The van der Waals surface area contributed by atoms with Crippen molar-refractivity contribution in [1.82, 2.24) is 10.3 Å². The maximum absolute atomic E-state index is 11.6. The highest BCUT2D eigenvalue weighted by Crippen LogP contribution is 2.28. The molecule has 0 radical (unpaired) electrons. The van der Waals surface area contributed by atoms with E-state index in [0.29, 0.717) is 30.2 Å². The monoisotopic (exact) mass is 292 g/mol. The van der Waals surface area contributed by atoms with Gasteiger partial charge in [0.2, 0.25) is 5.91 Å². The van der Waals surface area contributed by atoms with Crippen LogP contribution in [0.25, 0.3) is 0 Å². The predicted octanol–water partition coefficient (Wildman–Crippen LogP) is 0.413. The number of carbonyl (C=O) groups is 2. The first-order valence-corrected chi connectivity index (χ1v) is 6.87. The predicted molar refractivity (Wildman–Crippen MR) is 79.0 cm³/mol. The summed E-state index contributed by atoms with van der Waals surface area (Å²) in [6, 6.07) is 1.54. The number of hydrogen-bond donors (Lipinski definition) is 2. The van der Waals surface area contributed by atoms with Gasteiger partial charge in [-0.25, -0.2) is 9.78 Å². The van der Waals surface area contributed by atoms with E-state index in [2.05, 4.69) is 10.3 Å². The molecule has 0 unspecified atom stereocenters. The number of methoxy groups -OCH3 is 1. The van der Waals surface area contributed by atoms with Gasteiger partial charge in [0.05, 0.1) is 18.4 Å². The Bertz CT molecular complexity index is 539. The van der Waals surface area contributed by atoms with Crippen molar-refractivity contribution in [2.45, 2.75) is 12.8 Å². The first kappa shape index (κ1) is 15.1. The van der Waals surface area contributed by atoms with Gasteiger partial charge in [-0.3, -0.25) is 4.79 Å². The molecule has 21 heavy (non-hydrogen) atoms. The van der Waals surface area contributed by atoms with Crippen LogP contribution >= 0.6 is 0 Å². The quantitative estimate of drug-likeness (QED) is 0.783. The average molecular weight is 292 g/mol. The van der Waals surface area contributed by atoms with Crippen molar-refractivity contribution in [3.05, 3.63) is 17.8 Å². The Morgan fingerprint density at radius 1 is 1.43 bits per heavy atom. The molecule has 2 rings (SSSR count). The molecule has 3 N–H and O–H groups in total. The van der Waals surface area contributed by atoms with Gasteiger partial charge in [0.15, 0.2) is 5.82 Å². The minimum absolute atomic E-state index is 0.0243. The number of esters is 1. The van der Waals surface area contributed by atoms with E-state index in [1.165, 1.54) is 7.11 Å². The van der Waals surface area contributed by atoms with Crippen LogP contribution in [0.4, 0.5) is 11.5 Å². The summed E-state index contributed by atoms with van der Waals surface area (Å²) < 4.78 is 4.70. The van der Waals surface area contributed by atoms with Gasteiger partial charge >= 0.3 is 5.97 Å². The van der Waals surface area contributed by atoms with Crippen molar-refractivity contribution in [3.8, 4) is 0 Å². The molecule has 0 atom stereocenters. The number of nitrogens with one attached hydrogen (secondary N) is 1. The second-order valence-electron chi connectivity index (χ2n) is 4.96. The Labute approximate surface area is 123 Å². The summed E-state index contributed by atoms with van der Waals surface area (Å²) in [7, 11) is 2.96. The number of rotatable bonds is 3. The van der Waals surface area contributed by atoms with Crippen molar-refractivity contribution in [2.75, 3.05) is 37.9 Å². The molecule has 1 amide bonds. The molecule has 2 heterocycles. The second-order valence-corrected chi connectivity index (χ2v) is 4.96. The van der Waals surface area contributed by atoms with E-state index < -0.39 is 5.97 Å². The number of nitrogens with two attached hydrogens (primary N) is 1. The van der Waals surface area contributed by atoms with Crippen molar-refractivity contribution >= 4 is 23.4 Å². The molecule has 1 fully saturated rings. The van der Waals surface area contributed by atoms with Crippen LogP contribution in [0.5, 0.6) is 0 Å². The van der Waals surface area contributed by atoms with E-state index in [-0.39, 0.29) is 11.8 Å². The maximum atomic E-state index is 11.6. The van der Waals surface area contributed by atoms with E-state index in [1.54, 1.807) is 19.3 Å². The number of amides is 1. The summed E-state index contributed by atoms with van der Waals surface area (Å²) in [5.74, 6) is 0.194. The van der Waals surface area contributed by atoms with E-state index in [9.17, 15) is 9.59 Å². The number of nitrogens with zero attached hydrogens (tertiary/aromatic N) is 2. The number of piperidine rings is 1. The van der Waals surface area contributed by atoms with E-state index in [4.69, 9.17) is 10.5 Å². The zero-order valence-corrected chi connectivity index (χ0v) is 12.3. The third-order valence-electron chi connectivity index (χ3n) is 3.79. The zero-order chi connectivity index (χ0) is 15.4. The number of aromatic nitrogens is 1. The highest BCUT2D eigenvalue weighted by Gasteiger charge is 2.26. The minimum atomic E-state index is -0.476. The number of anilines is 2. The molecule has 114 valence electrons. The molecule has 1 aliphatic heterocycles. The molecule has 7 nitrogen and oxygen atoms in total. The molecule has 0 spiro atoms. The SMILES string of the molecule is CNC(=O)C1CCN(c2nccc(C(=O)OC)c2N)CC1. The van der Waals surface area contributed by atoms with Crippen LogP contribution in [0.15, 0.2) is 12.3 Å². The van der Waals surface area contributed by atoms with Crippen LogP contribution < -0.4 is 16.0 Å². The van der Waals surface area contributed by atoms with Crippen molar-refractivity contribution in [1.29, 1.82) is 0 Å². The highest BCUT2D eigenvalue weighted by atomic mass is 16.5. The normalized spacial score (nSPS) is 15.6. The standard InChI is InChI=1S/C14H20N4O3/c1-16-13(19)9-4-7-18(8-5-9)12-11(15)10(3-6-17-12)14(20)21-2/h3,6,9H,4-5,7-8,15H2,1-2H3,(H,16,19). The zero-order valence-electron chi connectivity index (χ0n) is 12.3. The van der Waals surface area contributed by atoms with Gasteiger partial charge in [0, 0.05) is 32.3 Å². The maximum Gasteiger partial charge on any atom is 0.340 e. The van der Waals surface area contributed by atoms with E-state index in [0.717, 1.165) is 12.8 Å². The topological polar surface area (TPSA) is 97.5 Å². The smallest absolute Gasteiger partial charge is 0.340 e. The lowest BCUT2D eigenvalue weighted by Crippen LogP contribution is -2.40. The number of nitrogen functional groups attached to an aromatic ring is 1. The third kappa shape index (κ3) is 3.07. The fraction of sp³-hybridized carbons (Fsp3) is 0.500. The lowest BCUT2D eigenvalue weighted by molar-refractivity contribution is -0.125. The number of pyridine rings is 1. The minimum Gasteiger partial charge on any atom is -0.465 e. The lowest BCUT2D eigenvalue weighted by atomic mass is 9.96. The Morgan fingerprint density at radius 2 is 2.10 bits per heavy atom. The van der Waals surface area contributed by atoms with Crippen LogP contribution in [0, 0.1) is 5.92 Å². The van der Waals surface area contributed by atoms with Crippen LogP contribution in [0.1, 0.15) is 23.2 Å². The van der Waals surface area contributed by atoms with Crippen molar-refractivity contribution in [3.63, 3.8) is 0 Å². The Hall–Kier alpha value is -2.31. The van der Waals surface area contributed by atoms with Crippen LogP contribution in [-0.4, -0.2) is 44.1 Å². The molecule has 1 saturated heterocycles. The largest absolute Gasteiger partial charge is 0.465 e. The van der Waals surface area contributed by atoms with Crippen LogP contribution in [-0.2, 0) is 9.53 Å².